The molecule has 4 rings (SSSR count). The summed E-state index contributed by atoms with van der Waals surface area (Å²) < 4.78 is 4.79. The summed E-state index contributed by atoms with van der Waals surface area (Å²) in [6, 6.07) is 16.0. The molecule has 1 aromatic heterocycles. The van der Waals surface area contributed by atoms with Crippen LogP contribution in [0.5, 0.6) is 0 Å². The molecule has 0 fully saturated rings. The van der Waals surface area contributed by atoms with Crippen molar-refractivity contribution in [3.63, 3.8) is 0 Å². The molecule has 140 valence electrons. The monoisotopic (exact) mass is 359 g/mol. The first-order valence-electron chi connectivity index (χ1n) is 9.87. The number of nitrogens with zero attached hydrogens (tertiary/aromatic N) is 2. The van der Waals surface area contributed by atoms with Gasteiger partial charge in [-0.2, -0.15) is 0 Å². The van der Waals surface area contributed by atoms with Gasteiger partial charge in [0.05, 0.1) is 5.69 Å². The van der Waals surface area contributed by atoms with E-state index in [2.05, 4.69) is 107 Å². The first-order valence-corrected chi connectivity index (χ1v) is 9.87. The standard InChI is InChI=1S/C25H31N2/c1-16-12-17(2)14-19(13-16)21-15-22-25(6,7)24(4,5)20-11-9-10-18(3)23(20)27(22)26(21)8/h9-15H,1-8H3/q+1. The number of benzene rings is 2. The zero-order valence-electron chi connectivity index (χ0n) is 17.9. The van der Waals surface area contributed by atoms with E-state index in [0.717, 1.165) is 0 Å². The molecule has 2 nitrogen and oxygen atoms in total. The molecule has 0 atom stereocenters. The number of hydrogen-bond acceptors (Lipinski definition) is 0. The number of aromatic nitrogens is 2. The lowest BCUT2D eigenvalue weighted by atomic mass is 9.60. The van der Waals surface area contributed by atoms with Gasteiger partial charge in [-0.15, -0.1) is 9.36 Å². The van der Waals surface area contributed by atoms with E-state index in [0.29, 0.717) is 0 Å². The topological polar surface area (TPSA) is 8.81 Å². The van der Waals surface area contributed by atoms with Crippen LogP contribution in [0.1, 0.15) is 55.6 Å². The van der Waals surface area contributed by atoms with Crippen molar-refractivity contribution in [3.8, 4) is 16.9 Å². The first kappa shape index (κ1) is 18.0. The third-order valence-corrected chi connectivity index (χ3v) is 6.99. The van der Waals surface area contributed by atoms with Crippen LogP contribution in [-0.2, 0) is 17.9 Å². The second-order valence-corrected chi connectivity index (χ2v) is 9.35. The molecule has 1 aliphatic rings. The van der Waals surface area contributed by atoms with E-state index in [1.165, 1.54) is 44.9 Å². The molecule has 0 unspecified atom stereocenters. The molecule has 1 aliphatic heterocycles. The minimum Gasteiger partial charge on any atom is -0.124 e. The van der Waals surface area contributed by atoms with Crippen molar-refractivity contribution in [2.75, 3.05) is 0 Å². The average molecular weight is 360 g/mol. The molecular weight excluding hydrogens is 328 g/mol. The first-order chi connectivity index (χ1) is 12.6. The Balaban J connectivity index is 2.10. The second-order valence-electron chi connectivity index (χ2n) is 9.35. The number of hydrogen-bond donors (Lipinski definition) is 0. The van der Waals surface area contributed by atoms with Gasteiger partial charge in [0.1, 0.15) is 5.69 Å². The van der Waals surface area contributed by atoms with Crippen LogP contribution in [0.4, 0.5) is 0 Å². The third-order valence-electron chi connectivity index (χ3n) is 6.99. The average Bonchev–Trinajstić information content (AvgIpc) is 2.91. The van der Waals surface area contributed by atoms with Gasteiger partial charge >= 0.3 is 0 Å². The van der Waals surface area contributed by atoms with Crippen molar-refractivity contribution in [2.24, 2.45) is 7.05 Å². The summed E-state index contributed by atoms with van der Waals surface area (Å²) in [6.07, 6.45) is 0. The summed E-state index contributed by atoms with van der Waals surface area (Å²) in [6.45, 7) is 16.1. The minimum absolute atomic E-state index is 0.0165. The lowest BCUT2D eigenvalue weighted by Gasteiger charge is -2.46. The minimum atomic E-state index is 0.0165. The van der Waals surface area contributed by atoms with Gasteiger partial charge in [-0.05, 0) is 44.0 Å². The van der Waals surface area contributed by atoms with E-state index in [1.54, 1.807) is 0 Å². The summed E-state index contributed by atoms with van der Waals surface area (Å²) in [4.78, 5) is 0. The second kappa shape index (κ2) is 5.58. The Hall–Kier alpha value is -2.35. The highest BCUT2D eigenvalue weighted by molar-refractivity contribution is 5.63. The predicted octanol–water partition coefficient (Wildman–Crippen LogP) is 5.46. The van der Waals surface area contributed by atoms with Crippen LogP contribution in [0.15, 0.2) is 42.5 Å². The molecule has 0 radical (unpaired) electrons. The van der Waals surface area contributed by atoms with Gasteiger partial charge in [-0.1, -0.05) is 63.1 Å². The molecular formula is C25H31N2+. The van der Waals surface area contributed by atoms with Crippen LogP contribution < -0.4 is 4.68 Å². The normalized spacial score (nSPS) is 16.7. The number of rotatable bonds is 1. The molecule has 0 N–H and O–H groups in total. The maximum atomic E-state index is 2.45. The van der Waals surface area contributed by atoms with Crippen LogP contribution in [0.25, 0.3) is 16.9 Å². The van der Waals surface area contributed by atoms with Crippen molar-refractivity contribution in [2.45, 2.75) is 59.3 Å². The van der Waals surface area contributed by atoms with Crippen LogP contribution in [0, 0.1) is 20.8 Å². The predicted molar refractivity (Wildman–Crippen MR) is 113 cm³/mol. The van der Waals surface area contributed by atoms with Crippen molar-refractivity contribution in [1.29, 1.82) is 0 Å². The van der Waals surface area contributed by atoms with Gasteiger partial charge in [-0.3, -0.25) is 0 Å². The van der Waals surface area contributed by atoms with Gasteiger partial charge in [0.15, 0.2) is 7.05 Å². The third kappa shape index (κ3) is 2.35. The lowest BCUT2D eigenvalue weighted by molar-refractivity contribution is -0.735. The SMILES string of the molecule is Cc1cc(C)cc(-c2cc3n([n+]2C)-c2c(C)cccc2C(C)(C)C3(C)C)c1. The van der Waals surface area contributed by atoms with E-state index in [1.807, 2.05) is 0 Å². The van der Waals surface area contributed by atoms with Gasteiger partial charge in [0.25, 0.3) is 0 Å². The summed E-state index contributed by atoms with van der Waals surface area (Å²) in [5.41, 5.74) is 10.7. The molecule has 27 heavy (non-hydrogen) atoms. The molecule has 0 aliphatic carbocycles. The molecule has 2 aromatic carbocycles. The Morgan fingerprint density at radius 1 is 0.815 bits per heavy atom. The zero-order chi connectivity index (χ0) is 19.7. The molecule has 0 amide bonds. The van der Waals surface area contributed by atoms with Gasteiger partial charge in [0, 0.05) is 22.5 Å². The maximum absolute atomic E-state index is 2.45. The Kier molecular flexibility index (Phi) is 3.72. The van der Waals surface area contributed by atoms with Gasteiger partial charge in [0.2, 0.25) is 5.69 Å². The van der Waals surface area contributed by atoms with Crippen molar-refractivity contribution in [1.82, 2.24) is 4.68 Å². The van der Waals surface area contributed by atoms with E-state index in [-0.39, 0.29) is 10.8 Å². The Morgan fingerprint density at radius 2 is 1.44 bits per heavy atom. The van der Waals surface area contributed by atoms with Crippen molar-refractivity contribution in [3.05, 3.63) is 70.4 Å². The van der Waals surface area contributed by atoms with E-state index >= 15 is 0 Å². The number of fused-ring (bicyclic) bond motifs is 3. The summed E-state index contributed by atoms with van der Waals surface area (Å²) in [5, 5.41) is 0. The van der Waals surface area contributed by atoms with Crippen LogP contribution in [-0.4, -0.2) is 4.68 Å². The quantitative estimate of drug-likeness (QED) is 0.510. The Labute approximate surface area is 163 Å². The summed E-state index contributed by atoms with van der Waals surface area (Å²) in [7, 11) is 2.20. The van der Waals surface area contributed by atoms with E-state index in [9.17, 15) is 0 Å². The molecule has 0 saturated carbocycles. The van der Waals surface area contributed by atoms with Crippen LogP contribution in [0.2, 0.25) is 0 Å². The molecule has 0 saturated heterocycles. The number of aryl methyl sites for hydroxylation is 3. The van der Waals surface area contributed by atoms with E-state index in [4.69, 9.17) is 0 Å². The van der Waals surface area contributed by atoms with Gasteiger partial charge < -0.3 is 0 Å². The largest absolute Gasteiger partial charge is 0.239 e. The van der Waals surface area contributed by atoms with Crippen LogP contribution >= 0.6 is 0 Å². The highest BCUT2D eigenvalue weighted by Crippen LogP contribution is 2.50. The molecule has 2 heterocycles. The Bertz CT molecular complexity index is 1040. The molecule has 0 bridgehead atoms. The smallest absolute Gasteiger partial charge is 0.124 e. The fourth-order valence-electron chi connectivity index (χ4n) is 4.76. The summed E-state index contributed by atoms with van der Waals surface area (Å²) >= 11 is 0. The molecule has 0 spiro atoms. The zero-order valence-corrected chi connectivity index (χ0v) is 17.9. The fourth-order valence-corrected chi connectivity index (χ4v) is 4.76. The van der Waals surface area contributed by atoms with E-state index < -0.39 is 0 Å². The van der Waals surface area contributed by atoms with Crippen molar-refractivity contribution < 1.29 is 4.68 Å². The fraction of sp³-hybridized carbons (Fsp3) is 0.400. The highest BCUT2D eigenvalue weighted by Gasteiger charge is 2.50. The number of para-hydroxylation sites is 1. The van der Waals surface area contributed by atoms with Gasteiger partial charge in [-0.25, -0.2) is 0 Å². The summed E-state index contributed by atoms with van der Waals surface area (Å²) in [5.74, 6) is 0. The maximum Gasteiger partial charge on any atom is 0.239 e. The highest BCUT2D eigenvalue weighted by atomic mass is 15.4. The van der Waals surface area contributed by atoms with Crippen LogP contribution in [0.3, 0.4) is 0 Å². The van der Waals surface area contributed by atoms with Crippen molar-refractivity contribution >= 4 is 0 Å². The molecule has 3 aromatic rings. The molecule has 2 heteroatoms. The Morgan fingerprint density at radius 3 is 2.07 bits per heavy atom. The lowest BCUT2D eigenvalue weighted by Crippen LogP contribution is -2.51.